The number of rotatable bonds is 2. The summed E-state index contributed by atoms with van der Waals surface area (Å²) in [6.07, 6.45) is 5.75. The Morgan fingerprint density at radius 2 is 1.95 bits per heavy atom. The van der Waals surface area contributed by atoms with Crippen LogP contribution >= 0.6 is 0 Å². The maximum Gasteiger partial charge on any atom is 0.253 e. The van der Waals surface area contributed by atoms with Gasteiger partial charge in [-0.3, -0.25) is 4.79 Å². The van der Waals surface area contributed by atoms with Gasteiger partial charge in [-0.25, -0.2) is 0 Å². The molecule has 0 spiro atoms. The van der Waals surface area contributed by atoms with Crippen LogP contribution in [-0.2, 0) is 0 Å². The number of para-hydroxylation sites is 1. The molecule has 1 amide bonds. The third-order valence-electron chi connectivity index (χ3n) is 3.94. The Labute approximate surface area is 112 Å². The van der Waals surface area contributed by atoms with Crippen molar-refractivity contribution >= 4 is 16.8 Å². The number of fused-ring (bicyclic) bond motifs is 1. The third kappa shape index (κ3) is 2.49. The number of carbonyl (C=O) groups excluding carboxylic acids is 1. The first kappa shape index (κ1) is 12.2. The molecule has 1 aromatic heterocycles. The van der Waals surface area contributed by atoms with Crippen molar-refractivity contribution in [2.45, 2.75) is 37.8 Å². The molecular weight excluding hydrogens is 238 g/mol. The van der Waals surface area contributed by atoms with Crippen molar-refractivity contribution in [3.63, 3.8) is 0 Å². The van der Waals surface area contributed by atoms with E-state index in [0.29, 0.717) is 6.04 Å². The van der Waals surface area contributed by atoms with E-state index in [1.54, 1.807) is 6.20 Å². The largest absolute Gasteiger partial charge is 0.360 e. The molecule has 0 aliphatic heterocycles. The maximum absolute atomic E-state index is 12.3. The summed E-state index contributed by atoms with van der Waals surface area (Å²) in [5.41, 5.74) is 7.60. The van der Waals surface area contributed by atoms with Gasteiger partial charge in [-0.1, -0.05) is 18.2 Å². The van der Waals surface area contributed by atoms with E-state index >= 15 is 0 Å². The fourth-order valence-corrected chi connectivity index (χ4v) is 2.79. The molecule has 0 atom stereocenters. The van der Waals surface area contributed by atoms with Gasteiger partial charge in [-0.05, 0) is 31.7 Å². The molecule has 1 fully saturated rings. The van der Waals surface area contributed by atoms with Crippen LogP contribution < -0.4 is 11.1 Å². The molecule has 1 saturated carbocycles. The Bertz CT molecular complexity index is 582. The lowest BCUT2D eigenvalue weighted by molar-refractivity contribution is 0.0927. The number of nitrogens with one attached hydrogen (secondary N) is 2. The predicted octanol–water partition coefficient (Wildman–Crippen LogP) is 2.17. The predicted molar refractivity (Wildman–Crippen MR) is 76.0 cm³/mol. The van der Waals surface area contributed by atoms with Gasteiger partial charge in [0.2, 0.25) is 0 Å². The van der Waals surface area contributed by atoms with E-state index in [0.717, 1.165) is 42.1 Å². The highest BCUT2D eigenvalue weighted by atomic mass is 16.1. The standard InChI is InChI=1S/C15H19N3O/c16-10-5-7-11(8-6-10)18-15(19)13-9-17-14-4-2-1-3-12(13)14/h1-4,9-11,17H,5-8,16H2,(H,18,19). The van der Waals surface area contributed by atoms with Crippen molar-refractivity contribution in [1.29, 1.82) is 0 Å². The summed E-state index contributed by atoms with van der Waals surface area (Å²) in [5.74, 6) is 0.0120. The normalized spacial score (nSPS) is 23.4. The average Bonchev–Trinajstić information content (AvgIpc) is 2.85. The van der Waals surface area contributed by atoms with E-state index in [1.807, 2.05) is 24.3 Å². The second kappa shape index (κ2) is 5.05. The highest BCUT2D eigenvalue weighted by molar-refractivity contribution is 6.06. The van der Waals surface area contributed by atoms with Crippen molar-refractivity contribution in [3.8, 4) is 0 Å². The van der Waals surface area contributed by atoms with Crippen LogP contribution in [0.4, 0.5) is 0 Å². The molecule has 0 unspecified atom stereocenters. The smallest absolute Gasteiger partial charge is 0.253 e. The average molecular weight is 257 g/mol. The van der Waals surface area contributed by atoms with Gasteiger partial charge in [-0.15, -0.1) is 0 Å². The summed E-state index contributed by atoms with van der Waals surface area (Å²) in [7, 11) is 0. The second-order valence-electron chi connectivity index (χ2n) is 5.33. The number of carbonyl (C=O) groups is 1. The molecule has 0 radical (unpaired) electrons. The molecule has 3 rings (SSSR count). The summed E-state index contributed by atoms with van der Waals surface area (Å²) in [6, 6.07) is 8.43. The van der Waals surface area contributed by atoms with Crippen LogP contribution in [-0.4, -0.2) is 23.0 Å². The summed E-state index contributed by atoms with van der Waals surface area (Å²) in [6.45, 7) is 0. The molecule has 4 heteroatoms. The minimum absolute atomic E-state index is 0.0120. The molecule has 1 heterocycles. The lowest BCUT2D eigenvalue weighted by atomic mass is 9.91. The lowest BCUT2D eigenvalue weighted by Gasteiger charge is -2.26. The fourth-order valence-electron chi connectivity index (χ4n) is 2.79. The maximum atomic E-state index is 12.3. The van der Waals surface area contributed by atoms with E-state index in [-0.39, 0.29) is 11.9 Å². The molecule has 1 aromatic carbocycles. The van der Waals surface area contributed by atoms with Gasteiger partial charge in [0.1, 0.15) is 0 Å². The first-order valence-corrected chi connectivity index (χ1v) is 6.86. The van der Waals surface area contributed by atoms with Gasteiger partial charge in [0.05, 0.1) is 5.56 Å². The molecular formula is C15H19N3O. The van der Waals surface area contributed by atoms with E-state index in [9.17, 15) is 4.79 Å². The van der Waals surface area contributed by atoms with Crippen molar-refractivity contribution in [3.05, 3.63) is 36.0 Å². The lowest BCUT2D eigenvalue weighted by Crippen LogP contribution is -2.40. The Kier molecular flexibility index (Phi) is 3.25. The first-order chi connectivity index (χ1) is 9.24. The molecule has 4 nitrogen and oxygen atoms in total. The number of aromatic amines is 1. The summed E-state index contributed by atoms with van der Waals surface area (Å²) in [5, 5.41) is 4.10. The number of hydrogen-bond acceptors (Lipinski definition) is 2. The molecule has 1 aliphatic rings. The zero-order chi connectivity index (χ0) is 13.2. The van der Waals surface area contributed by atoms with Gasteiger partial charge >= 0.3 is 0 Å². The van der Waals surface area contributed by atoms with Crippen molar-refractivity contribution in [1.82, 2.24) is 10.3 Å². The quantitative estimate of drug-likeness (QED) is 0.771. The van der Waals surface area contributed by atoms with Crippen LogP contribution in [0.2, 0.25) is 0 Å². The first-order valence-electron chi connectivity index (χ1n) is 6.86. The third-order valence-corrected chi connectivity index (χ3v) is 3.94. The fraction of sp³-hybridized carbons (Fsp3) is 0.400. The van der Waals surface area contributed by atoms with E-state index in [4.69, 9.17) is 5.73 Å². The molecule has 100 valence electrons. The summed E-state index contributed by atoms with van der Waals surface area (Å²) >= 11 is 0. The Morgan fingerprint density at radius 1 is 1.21 bits per heavy atom. The number of amides is 1. The topological polar surface area (TPSA) is 70.9 Å². The zero-order valence-corrected chi connectivity index (χ0v) is 10.9. The number of nitrogens with two attached hydrogens (primary N) is 1. The van der Waals surface area contributed by atoms with Crippen LogP contribution in [0.5, 0.6) is 0 Å². The van der Waals surface area contributed by atoms with Crippen molar-refractivity contribution in [2.24, 2.45) is 5.73 Å². The van der Waals surface area contributed by atoms with Crippen molar-refractivity contribution < 1.29 is 4.79 Å². The second-order valence-corrected chi connectivity index (χ2v) is 5.33. The van der Waals surface area contributed by atoms with E-state index in [1.165, 1.54) is 0 Å². The molecule has 0 saturated heterocycles. The zero-order valence-electron chi connectivity index (χ0n) is 10.9. The number of aromatic nitrogens is 1. The Morgan fingerprint density at radius 3 is 2.74 bits per heavy atom. The van der Waals surface area contributed by atoms with Gasteiger partial charge in [-0.2, -0.15) is 0 Å². The SMILES string of the molecule is NC1CCC(NC(=O)c2c[nH]c3ccccc23)CC1. The van der Waals surface area contributed by atoms with E-state index < -0.39 is 0 Å². The van der Waals surface area contributed by atoms with Crippen LogP contribution in [0.1, 0.15) is 36.0 Å². The van der Waals surface area contributed by atoms with Crippen molar-refractivity contribution in [2.75, 3.05) is 0 Å². The number of hydrogen-bond donors (Lipinski definition) is 3. The summed E-state index contributed by atoms with van der Waals surface area (Å²) < 4.78 is 0. The minimum Gasteiger partial charge on any atom is -0.360 e. The summed E-state index contributed by atoms with van der Waals surface area (Å²) in [4.78, 5) is 15.4. The Balaban J connectivity index is 1.73. The number of H-pyrrole nitrogens is 1. The molecule has 0 bridgehead atoms. The van der Waals surface area contributed by atoms with Gasteiger partial charge in [0.25, 0.3) is 5.91 Å². The molecule has 1 aliphatic carbocycles. The molecule has 2 aromatic rings. The monoisotopic (exact) mass is 257 g/mol. The Hall–Kier alpha value is -1.81. The van der Waals surface area contributed by atoms with Gasteiger partial charge < -0.3 is 16.0 Å². The highest BCUT2D eigenvalue weighted by Gasteiger charge is 2.21. The molecule has 4 N–H and O–H groups in total. The van der Waals surface area contributed by atoms with Crippen LogP contribution in [0, 0.1) is 0 Å². The van der Waals surface area contributed by atoms with Gasteiger partial charge in [0, 0.05) is 29.2 Å². The van der Waals surface area contributed by atoms with Crippen LogP contribution in [0.3, 0.4) is 0 Å². The van der Waals surface area contributed by atoms with Crippen LogP contribution in [0.25, 0.3) is 10.9 Å². The minimum atomic E-state index is 0.0120. The number of benzene rings is 1. The van der Waals surface area contributed by atoms with E-state index in [2.05, 4.69) is 10.3 Å². The van der Waals surface area contributed by atoms with Gasteiger partial charge in [0.15, 0.2) is 0 Å². The van der Waals surface area contributed by atoms with Crippen LogP contribution in [0.15, 0.2) is 30.5 Å². The highest BCUT2D eigenvalue weighted by Crippen LogP contribution is 2.20. The molecule has 19 heavy (non-hydrogen) atoms.